The fraction of sp³-hybridized carbons (Fsp3) is 0.136. The average molecular weight is 375 g/mol. The maximum Gasteiger partial charge on any atom is 0.337 e. The number of nitrogens with zero attached hydrogens (tertiary/aromatic N) is 1. The number of anilines is 2. The lowest BCUT2D eigenvalue weighted by atomic mass is 10.1. The van der Waals surface area contributed by atoms with Crippen LogP contribution in [0.25, 0.3) is 0 Å². The highest BCUT2D eigenvalue weighted by molar-refractivity contribution is 6.03. The van der Waals surface area contributed by atoms with Crippen molar-refractivity contribution in [2.75, 3.05) is 17.7 Å². The summed E-state index contributed by atoms with van der Waals surface area (Å²) in [5, 5.41) is 6.03. The zero-order valence-corrected chi connectivity index (χ0v) is 15.7. The van der Waals surface area contributed by atoms with E-state index in [1.165, 1.54) is 18.2 Å². The minimum atomic E-state index is -0.460. The van der Waals surface area contributed by atoms with Crippen LogP contribution in [-0.4, -0.2) is 24.0 Å². The normalized spacial score (nSPS) is 10.2. The molecule has 0 spiro atoms. The number of hydrogen-bond donors (Lipinski definition) is 2. The molecule has 28 heavy (non-hydrogen) atoms. The third kappa shape index (κ3) is 4.73. The van der Waals surface area contributed by atoms with E-state index >= 15 is 0 Å². The maximum atomic E-state index is 12.4. The molecule has 0 saturated heterocycles. The number of methoxy groups -OCH3 is 1. The predicted molar refractivity (Wildman–Crippen MR) is 108 cm³/mol. The quantitative estimate of drug-likeness (QED) is 0.636. The molecule has 0 atom stereocenters. The van der Waals surface area contributed by atoms with E-state index in [1.807, 2.05) is 18.2 Å². The van der Waals surface area contributed by atoms with E-state index in [-0.39, 0.29) is 11.6 Å². The summed E-state index contributed by atoms with van der Waals surface area (Å²) in [5.41, 5.74) is 4.39. The minimum Gasteiger partial charge on any atom is -0.465 e. The van der Waals surface area contributed by atoms with Crippen LogP contribution in [0.5, 0.6) is 0 Å². The fourth-order valence-electron chi connectivity index (χ4n) is 2.68. The second-order valence-corrected chi connectivity index (χ2v) is 6.24. The van der Waals surface area contributed by atoms with Crippen LogP contribution in [-0.2, 0) is 11.3 Å². The number of pyridine rings is 1. The molecule has 3 aromatic rings. The molecule has 0 saturated carbocycles. The standard InChI is InChI=1S/C22H21N3O3/c1-15-6-3-4-7-17(15)13-23-19-10-11-20(24-14-19)21(26)25-18-9-5-8-16(12-18)22(27)28-2/h3-12,14,23H,13H2,1-2H3,(H,25,26). The van der Waals surface area contributed by atoms with Gasteiger partial charge in [-0.15, -0.1) is 0 Å². The Morgan fingerprint density at radius 2 is 1.82 bits per heavy atom. The molecule has 2 aromatic carbocycles. The predicted octanol–water partition coefficient (Wildman–Crippen LogP) is 4.04. The lowest BCUT2D eigenvalue weighted by Crippen LogP contribution is -2.14. The highest BCUT2D eigenvalue weighted by Gasteiger charge is 2.10. The van der Waals surface area contributed by atoms with Gasteiger partial charge < -0.3 is 15.4 Å². The Kier molecular flexibility index (Phi) is 6.01. The maximum absolute atomic E-state index is 12.4. The smallest absolute Gasteiger partial charge is 0.337 e. The summed E-state index contributed by atoms with van der Waals surface area (Å²) >= 11 is 0. The molecule has 1 amide bonds. The Hall–Kier alpha value is -3.67. The second-order valence-electron chi connectivity index (χ2n) is 6.24. The lowest BCUT2D eigenvalue weighted by Gasteiger charge is -2.10. The summed E-state index contributed by atoms with van der Waals surface area (Å²) in [6.45, 7) is 2.75. The third-order valence-corrected chi connectivity index (χ3v) is 4.28. The number of carbonyl (C=O) groups is 2. The lowest BCUT2D eigenvalue weighted by molar-refractivity contribution is 0.0600. The van der Waals surface area contributed by atoms with Crippen LogP contribution in [0, 0.1) is 6.92 Å². The molecule has 3 rings (SSSR count). The molecule has 2 N–H and O–H groups in total. The zero-order chi connectivity index (χ0) is 19.9. The van der Waals surface area contributed by atoms with Crippen LogP contribution in [0.4, 0.5) is 11.4 Å². The highest BCUT2D eigenvalue weighted by atomic mass is 16.5. The number of rotatable bonds is 6. The largest absolute Gasteiger partial charge is 0.465 e. The number of aryl methyl sites for hydroxylation is 1. The Morgan fingerprint density at radius 3 is 2.54 bits per heavy atom. The summed E-state index contributed by atoms with van der Waals surface area (Å²) in [5.74, 6) is -0.814. The van der Waals surface area contributed by atoms with Crippen LogP contribution < -0.4 is 10.6 Å². The molecule has 0 aliphatic rings. The number of nitrogens with one attached hydrogen (secondary N) is 2. The molecule has 0 aliphatic carbocycles. The molecular weight excluding hydrogens is 354 g/mol. The molecule has 0 fully saturated rings. The molecule has 0 radical (unpaired) electrons. The first-order valence-electron chi connectivity index (χ1n) is 8.81. The Morgan fingerprint density at radius 1 is 1.00 bits per heavy atom. The Balaban J connectivity index is 1.62. The number of carbonyl (C=O) groups excluding carboxylic acids is 2. The van der Waals surface area contributed by atoms with Crippen molar-refractivity contribution in [1.82, 2.24) is 4.98 Å². The summed E-state index contributed by atoms with van der Waals surface area (Å²) in [6, 6.07) is 18.2. The Bertz CT molecular complexity index is 984. The van der Waals surface area contributed by atoms with Crippen LogP contribution in [0.1, 0.15) is 32.0 Å². The van der Waals surface area contributed by atoms with Crippen molar-refractivity contribution >= 4 is 23.3 Å². The Labute approximate surface area is 163 Å². The molecule has 1 aromatic heterocycles. The molecule has 0 unspecified atom stereocenters. The van der Waals surface area contributed by atoms with E-state index in [0.29, 0.717) is 17.8 Å². The van der Waals surface area contributed by atoms with Crippen molar-refractivity contribution in [2.24, 2.45) is 0 Å². The van der Waals surface area contributed by atoms with Gasteiger partial charge in [0, 0.05) is 12.2 Å². The summed E-state index contributed by atoms with van der Waals surface area (Å²) in [7, 11) is 1.31. The number of esters is 1. The van der Waals surface area contributed by atoms with Gasteiger partial charge in [0.2, 0.25) is 0 Å². The van der Waals surface area contributed by atoms with Crippen LogP contribution in [0.15, 0.2) is 66.9 Å². The van der Waals surface area contributed by atoms with E-state index in [9.17, 15) is 9.59 Å². The van der Waals surface area contributed by atoms with Crippen LogP contribution >= 0.6 is 0 Å². The highest BCUT2D eigenvalue weighted by Crippen LogP contribution is 2.15. The van der Waals surface area contributed by atoms with E-state index in [4.69, 9.17) is 0 Å². The molecule has 6 nitrogen and oxygen atoms in total. The number of benzene rings is 2. The molecule has 0 bridgehead atoms. The molecule has 142 valence electrons. The summed E-state index contributed by atoms with van der Waals surface area (Å²) in [6.07, 6.45) is 1.62. The van der Waals surface area contributed by atoms with Gasteiger partial charge in [-0.2, -0.15) is 0 Å². The van der Waals surface area contributed by atoms with Gasteiger partial charge >= 0.3 is 5.97 Å². The van der Waals surface area contributed by atoms with Gasteiger partial charge in [-0.1, -0.05) is 30.3 Å². The molecular formula is C22H21N3O3. The number of amides is 1. The topological polar surface area (TPSA) is 80.3 Å². The third-order valence-electron chi connectivity index (χ3n) is 4.28. The monoisotopic (exact) mass is 375 g/mol. The first kappa shape index (κ1) is 19.1. The summed E-state index contributed by atoms with van der Waals surface area (Å²) in [4.78, 5) is 28.2. The molecule has 0 aliphatic heterocycles. The first-order chi connectivity index (χ1) is 13.6. The van der Waals surface area contributed by atoms with E-state index in [1.54, 1.807) is 36.5 Å². The molecule has 1 heterocycles. The van der Waals surface area contributed by atoms with E-state index in [2.05, 4.69) is 39.4 Å². The molecule has 6 heteroatoms. The van der Waals surface area contributed by atoms with Crippen molar-refractivity contribution in [3.05, 3.63) is 89.2 Å². The van der Waals surface area contributed by atoms with Crippen molar-refractivity contribution in [3.8, 4) is 0 Å². The average Bonchev–Trinajstić information content (AvgIpc) is 2.73. The van der Waals surface area contributed by atoms with Gasteiger partial charge in [0.15, 0.2) is 0 Å². The van der Waals surface area contributed by atoms with Crippen LogP contribution in [0.2, 0.25) is 0 Å². The van der Waals surface area contributed by atoms with Gasteiger partial charge in [-0.25, -0.2) is 9.78 Å². The first-order valence-corrected chi connectivity index (χ1v) is 8.81. The summed E-state index contributed by atoms with van der Waals surface area (Å²) < 4.78 is 4.69. The van der Waals surface area contributed by atoms with Crippen molar-refractivity contribution in [1.29, 1.82) is 0 Å². The number of aromatic nitrogens is 1. The van der Waals surface area contributed by atoms with Gasteiger partial charge in [0.1, 0.15) is 5.69 Å². The van der Waals surface area contributed by atoms with Crippen molar-refractivity contribution in [3.63, 3.8) is 0 Å². The van der Waals surface area contributed by atoms with Crippen molar-refractivity contribution < 1.29 is 14.3 Å². The minimum absolute atomic E-state index is 0.282. The van der Waals surface area contributed by atoms with E-state index in [0.717, 1.165) is 5.69 Å². The van der Waals surface area contributed by atoms with E-state index < -0.39 is 5.97 Å². The van der Waals surface area contributed by atoms with Crippen LogP contribution in [0.3, 0.4) is 0 Å². The number of ether oxygens (including phenoxy) is 1. The fourth-order valence-corrected chi connectivity index (χ4v) is 2.68. The number of hydrogen-bond acceptors (Lipinski definition) is 5. The van der Waals surface area contributed by atoms with Gasteiger partial charge in [0.05, 0.1) is 24.6 Å². The van der Waals surface area contributed by atoms with Gasteiger partial charge in [0.25, 0.3) is 5.91 Å². The van der Waals surface area contributed by atoms with Crippen molar-refractivity contribution in [2.45, 2.75) is 13.5 Å². The second kappa shape index (κ2) is 8.81. The zero-order valence-electron chi connectivity index (χ0n) is 15.7. The van der Waals surface area contributed by atoms with Gasteiger partial charge in [-0.3, -0.25) is 4.79 Å². The van der Waals surface area contributed by atoms with Gasteiger partial charge in [-0.05, 0) is 48.4 Å². The SMILES string of the molecule is COC(=O)c1cccc(NC(=O)c2ccc(NCc3ccccc3C)cn2)c1.